The Bertz CT molecular complexity index is 1330. The molecule has 1 aliphatic heterocycles. The lowest BCUT2D eigenvalue weighted by Gasteiger charge is -2.17. The van der Waals surface area contributed by atoms with E-state index in [1.165, 1.54) is 0 Å². The van der Waals surface area contributed by atoms with Crippen molar-refractivity contribution >= 4 is 57.0 Å². The maximum absolute atomic E-state index is 12.1. The van der Waals surface area contributed by atoms with Crippen molar-refractivity contribution in [3.8, 4) is 0 Å². The molecule has 0 saturated heterocycles. The summed E-state index contributed by atoms with van der Waals surface area (Å²) in [5, 5.41) is 2.21. The molecular weight excluding hydrogens is 480 g/mol. The van der Waals surface area contributed by atoms with E-state index in [1.54, 1.807) is 23.1 Å². The average molecular weight is 510 g/mol. The molecule has 0 spiro atoms. The summed E-state index contributed by atoms with van der Waals surface area (Å²) in [5.41, 5.74) is 3.34. The summed E-state index contributed by atoms with van der Waals surface area (Å²) in [6.45, 7) is 10.2. The second-order valence-electron chi connectivity index (χ2n) is 7.70. The zero-order chi connectivity index (χ0) is 24.9. The molecule has 182 valence electrons. The Labute approximate surface area is 213 Å². The number of esters is 2. The van der Waals surface area contributed by atoms with Crippen molar-refractivity contribution in [1.82, 2.24) is 0 Å². The molecule has 0 aliphatic carbocycles. The molecule has 4 rings (SSSR count). The quantitative estimate of drug-likeness (QED) is 0.272. The highest BCUT2D eigenvalue weighted by Crippen LogP contribution is 2.46. The molecule has 0 amide bonds. The molecule has 6 nitrogen and oxygen atoms in total. The van der Waals surface area contributed by atoms with Crippen molar-refractivity contribution in [2.45, 2.75) is 39.1 Å². The van der Waals surface area contributed by atoms with Crippen LogP contribution in [0.25, 0.3) is 16.3 Å². The van der Waals surface area contributed by atoms with Gasteiger partial charge in [0.1, 0.15) is 11.2 Å². The van der Waals surface area contributed by atoms with Gasteiger partial charge in [-0.2, -0.15) is 4.57 Å². The second kappa shape index (κ2) is 11.1. The smallest absolute Gasteiger partial charge is 0.338 e. The van der Waals surface area contributed by atoms with Gasteiger partial charge in [-0.25, -0.2) is 9.59 Å². The van der Waals surface area contributed by atoms with E-state index in [4.69, 9.17) is 9.47 Å². The Balaban J connectivity index is 1.59. The highest BCUT2D eigenvalue weighted by atomic mass is 32.2. The Morgan fingerprint density at radius 1 is 0.971 bits per heavy atom. The summed E-state index contributed by atoms with van der Waals surface area (Å²) in [6.07, 6.45) is 6.27. The fraction of sp³-hybridized carbons (Fsp3) is 0.296. The van der Waals surface area contributed by atoms with Crippen LogP contribution in [0.1, 0.15) is 53.4 Å². The predicted octanol–water partition coefficient (Wildman–Crippen LogP) is 6.05. The van der Waals surface area contributed by atoms with Crippen LogP contribution in [0, 0.1) is 0 Å². The summed E-state index contributed by atoms with van der Waals surface area (Å²) < 4.78 is 13.6. The minimum absolute atomic E-state index is 0.295. The van der Waals surface area contributed by atoms with Crippen LogP contribution in [0.2, 0.25) is 0 Å². The van der Waals surface area contributed by atoms with Gasteiger partial charge in [-0.3, -0.25) is 0 Å². The summed E-state index contributed by atoms with van der Waals surface area (Å²) in [7, 11) is 0. The number of allylic oxidation sites excluding steroid dienone is 2. The average Bonchev–Trinajstić information content (AvgIpc) is 3.40. The number of fused-ring (bicyclic) bond motifs is 2. The third-order valence-electron chi connectivity index (χ3n) is 5.59. The first-order valence-corrected chi connectivity index (χ1v) is 13.4. The van der Waals surface area contributed by atoms with Crippen LogP contribution >= 0.6 is 23.1 Å². The molecule has 35 heavy (non-hydrogen) atoms. The number of ether oxygens (including phenoxy) is 2. The highest BCUT2D eigenvalue weighted by molar-refractivity contribution is 8.03. The SMILES string of the molecule is CCOC(=O)c1ccc2c(c1)SC(=CC=Cc1sc3cc(C(=O)OCC)ccc3[n+]1CC)N2CC. The molecular formula is C27H29N2O4S2+. The van der Waals surface area contributed by atoms with Gasteiger partial charge in [0.05, 0.1) is 35.1 Å². The van der Waals surface area contributed by atoms with E-state index >= 15 is 0 Å². The summed E-state index contributed by atoms with van der Waals surface area (Å²) >= 11 is 3.30. The zero-order valence-electron chi connectivity index (χ0n) is 20.4. The van der Waals surface area contributed by atoms with Gasteiger partial charge >= 0.3 is 11.9 Å². The number of rotatable bonds is 8. The Morgan fingerprint density at radius 2 is 1.66 bits per heavy atom. The minimum atomic E-state index is -0.295. The van der Waals surface area contributed by atoms with Crippen molar-refractivity contribution in [3.05, 3.63) is 69.7 Å². The lowest BCUT2D eigenvalue weighted by atomic mass is 10.2. The molecule has 0 fully saturated rings. The van der Waals surface area contributed by atoms with Crippen LogP contribution < -0.4 is 9.47 Å². The lowest BCUT2D eigenvalue weighted by molar-refractivity contribution is -0.665. The molecule has 3 aromatic rings. The molecule has 2 heterocycles. The third kappa shape index (κ3) is 5.13. The van der Waals surface area contributed by atoms with Crippen molar-refractivity contribution in [2.75, 3.05) is 24.7 Å². The number of carbonyl (C=O) groups is 2. The van der Waals surface area contributed by atoms with E-state index < -0.39 is 0 Å². The van der Waals surface area contributed by atoms with Crippen molar-refractivity contribution in [2.24, 2.45) is 0 Å². The molecule has 0 unspecified atom stereocenters. The maximum atomic E-state index is 12.1. The first-order valence-electron chi connectivity index (χ1n) is 11.8. The molecule has 0 bridgehead atoms. The van der Waals surface area contributed by atoms with Gasteiger partial charge in [0.15, 0.2) is 0 Å². The molecule has 1 aromatic heterocycles. The number of benzene rings is 2. The zero-order valence-corrected chi connectivity index (χ0v) is 22.0. The van der Waals surface area contributed by atoms with Gasteiger partial charge in [-0.15, -0.1) is 0 Å². The molecule has 2 aromatic carbocycles. The largest absolute Gasteiger partial charge is 0.462 e. The van der Waals surface area contributed by atoms with Crippen molar-refractivity contribution in [1.29, 1.82) is 0 Å². The van der Waals surface area contributed by atoms with Crippen molar-refractivity contribution < 1.29 is 23.6 Å². The van der Waals surface area contributed by atoms with Gasteiger partial charge < -0.3 is 14.4 Å². The summed E-state index contributed by atoms with van der Waals surface area (Å²) in [6, 6.07) is 11.4. The highest BCUT2D eigenvalue weighted by Gasteiger charge is 2.25. The lowest BCUT2D eigenvalue weighted by Crippen LogP contribution is -2.33. The van der Waals surface area contributed by atoms with E-state index in [1.807, 2.05) is 50.2 Å². The molecule has 0 saturated carbocycles. The van der Waals surface area contributed by atoms with Gasteiger partial charge in [0, 0.05) is 23.6 Å². The van der Waals surface area contributed by atoms with Crippen LogP contribution in [-0.4, -0.2) is 31.7 Å². The second-order valence-corrected chi connectivity index (χ2v) is 9.83. The number of carbonyl (C=O) groups excluding carboxylic acids is 2. The monoisotopic (exact) mass is 509 g/mol. The summed E-state index contributed by atoms with van der Waals surface area (Å²) in [4.78, 5) is 27.6. The molecule has 1 aliphatic rings. The standard InChI is InChI=1S/C27H29N2O4S2/c1-5-28-20-14-12-18(26(30)32-7-3)16-22(20)34-24(28)10-9-11-25-29(6-2)21-15-13-19(17-23(21)35-25)27(31)33-8-4/h9-17H,5-8H2,1-4H3/q+1. The number of thioether (sulfide) groups is 1. The number of hydrogen-bond acceptors (Lipinski definition) is 7. The topological polar surface area (TPSA) is 59.7 Å². The summed E-state index contributed by atoms with van der Waals surface area (Å²) in [5.74, 6) is -0.590. The number of anilines is 1. The van der Waals surface area contributed by atoms with Crippen LogP contribution in [0.15, 0.2) is 58.5 Å². The maximum Gasteiger partial charge on any atom is 0.338 e. The van der Waals surface area contributed by atoms with E-state index in [0.29, 0.717) is 24.3 Å². The molecule has 0 N–H and O–H groups in total. The molecule has 0 atom stereocenters. The van der Waals surface area contributed by atoms with Gasteiger partial charge in [0.2, 0.25) is 5.52 Å². The third-order valence-corrected chi connectivity index (χ3v) is 7.82. The van der Waals surface area contributed by atoms with Gasteiger partial charge in [0.25, 0.3) is 5.01 Å². The fourth-order valence-electron chi connectivity index (χ4n) is 4.01. The predicted molar refractivity (Wildman–Crippen MR) is 142 cm³/mol. The van der Waals surface area contributed by atoms with E-state index in [2.05, 4.69) is 41.5 Å². The number of hydrogen-bond donors (Lipinski definition) is 0. The van der Waals surface area contributed by atoms with Crippen LogP contribution in [-0.2, 0) is 16.0 Å². The fourth-order valence-corrected chi connectivity index (χ4v) is 6.36. The van der Waals surface area contributed by atoms with E-state index in [0.717, 1.165) is 43.9 Å². The van der Waals surface area contributed by atoms with Gasteiger partial charge in [-0.05, 0) is 64.1 Å². The molecule has 0 radical (unpaired) electrons. The Morgan fingerprint density at radius 3 is 2.31 bits per heavy atom. The van der Waals surface area contributed by atoms with Crippen LogP contribution in [0.3, 0.4) is 0 Å². The van der Waals surface area contributed by atoms with Gasteiger partial charge in [-0.1, -0.05) is 29.2 Å². The number of thiazole rings is 1. The van der Waals surface area contributed by atoms with E-state index in [9.17, 15) is 9.59 Å². The first-order chi connectivity index (χ1) is 17.0. The van der Waals surface area contributed by atoms with Crippen molar-refractivity contribution in [3.63, 3.8) is 0 Å². The van der Waals surface area contributed by atoms with Crippen LogP contribution in [0.4, 0.5) is 5.69 Å². The van der Waals surface area contributed by atoms with E-state index in [-0.39, 0.29) is 11.9 Å². The number of aromatic nitrogens is 1. The number of nitrogens with zero attached hydrogens (tertiary/aromatic N) is 2. The van der Waals surface area contributed by atoms with Crippen LogP contribution in [0.5, 0.6) is 0 Å². The normalized spacial score (nSPS) is 14.2. The number of aryl methyl sites for hydroxylation is 1. The first kappa shape index (κ1) is 25.0. The Hall–Kier alpha value is -3.10. The minimum Gasteiger partial charge on any atom is -0.462 e. The Kier molecular flexibility index (Phi) is 7.93. The molecule has 8 heteroatoms.